The zero-order chi connectivity index (χ0) is 13.8. The fraction of sp³-hybridized carbons (Fsp3) is 0.333. The van der Waals surface area contributed by atoms with E-state index in [0.717, 1.165) is 24.9 Å². The van der Waals surface area contributed by atoms with E-state index < -0.39 is 0 Å². The summed E-state index contributed by atoms with van der Waals surface area (Å²) in [5.74, 6) is 0. The predicted molar refractivity (Wildman–Crippen MR) is 79.5 cm³/mol. The highest BCUT2D eigenvalue weighted by Gasteiger charge is 2.30. The van der Waals surface area contributed by atoms with Crippen molar-refractivity contribution in [1.29, 1.82) is 0 Å². The van der Waals surface area contributed by atoms with Crippen molar-refractivity contribution in [3.05, 3.63) is 52.5 Å². The van der Waals surface area contributed by atoms with Gasteiger partial charge in [-0.05, 0) is 35.9 Å². The number of rotatable bonds is 3. The van der Waals surface area contributed by atoms with Gasteiger partial charge < -0.3 is 10.2 Å². The predicted octanol–water partition coefficient (Wildman–Crippen LogP) is 3.19. The van der Waals surface area contributed by atoms with Crippen molar-refractivity contribution in [2.75, 3.05) is 6.54 Å². The van der Waals surface area contributed by atoms with Crippen molar-refractivity contribution >= 4 is 17.4 Å². The van der Waals surface area contributed by atoms with E-state index in [9.17, 15) is 4.79 Å². The summed E-state index contributed by atoms with van der Waals surface area (Å²) >= 11 is 1.72. The second-order valence-corrected chi connectivity index (χ2v) is 5.87. The van der Waals surface area contributed by atoms with Gasteiger partial charge >= 0.3 is 6.03 Å². The number of hydrogen-bond donors (Lipinski definition) is 1. The van der Waals surface area contributed by atoms with Gasteiger partial charge in [0, 0.05) is 30.4 Å². The van der Waals surface area contributed by atoms with Crippen molar-refractivity contribution in [1.82, 2.24) is 15.2 Å². The van der Waals surface area contributed by atoms with Gasteiger partial charge in [0.1, 0.15) is 0 Å². The highest BCUT2D eigenvalue weighted by molar-refractivity contribution is 7.10. The standard InChI is InChI=1S/C15H17N3OS/c19-15(17-11-12-4-1-7-16-10-12)18-8-2-5-13(18)14-6-3-9-20-14/h1,3-4,6-7,9-10,13H,2,5,8,11H2,(H,17,19)/t13-/m1/s1. The molecule has 2 amide bonds. The van der Waals surface area contributed by atoms with Gasteiger partial charge in [-0.15, -0.1) is 11.3 Å². The summed E-state index contributed by atoms with van der Waals surface area (Å²) in [5.41, 5.74) is 1.02. The Labute approximate surface area is 122 Å². The van der Waals surface area contributed by atoms with Gasteiger partial charge in [-0.25, -0.2) is 4.79 Å². The molecule has 1 N–H and O–H groups in total. The first-order valence-corrected chi connectivity index (χ1v) is 7.69. The highest BCUT2D eigenvalue weighted by atomic mass is 32.1. The molecule has 0 saturated carbocycles. The van der Waals surface area contributed by atoms with Crippen LogP contribution in [0.1, 0.15) is 29.3 Å². The molecule has 104 valence electrons. The molecule has 20 heavy (non-hydrogen) atoms. The average Bonchev–Trinajstić information content (AvgIpc) is 3.15. The molecule has 2 aromatic rings. The Morgan fingerprint density at radius 1 is 1.45 bits per heavy atom. The van der Waals surface area contributed by atoms with Gasteiger partial charge in [-0.1, -0.05) is 12.1 Å². The minimum Gasteiger partial charge on any atom is -0.334 e. The van der Waals surface area contributed by atoms with Crippen LogP contribution in [0.3, 0.4) is 0 Å². The molecule has 0 radical (unpaired) electrons. The van der Waals surface area contributed by atoms with Crippen molar-refractivity contribution in [3.63, 3.8) is 0 Å². The molecule has 0 spiro atoms. The summed E-state index contributed by atoms with van der Waals surface area (Å²) < 4.78 is 0. The Bertz CT molecular complexity index is 556. The van der Waals surface area contributed by atoms with Gasteiger partial charge in [0.2, 0.25) is 0 Å². The number of pyridine rings is 1. The average molecular weight is 287 g/mol. The third-order valence-corrected chi connectivity index (χ3v) is 4.53. The molecule has 5 heteroatoms. The van der Waals surface area contributed by atoms with Crippen LogP contribution in [0.25, 0.3) is 0 Å². The summed E-state index contributed by atoms with van der Waals surface area (Å²) in [6.45, 7) is 1.36. The largest absolute Gasteiger partial charge is 0.334 e. The molecular weight excluding hydrogens is 270 g/mol. The van der Waals surface area contributed by atoms with Crippen LogP contribution in [0, 0.1) is 0 Å². The maximum absolute atomic E-state index is 12.3. The number of nitrogens with zero attached hydrogens (tertiary/aromatic N) is 2. The Kier molecular flexibility index (Phi) is 3.97. The number of hydrogen-bond acceptors (Lipinski definition) is 3. The number of thiophene rings is 1. The molecule has 1 aliphatic rings. The van der Waals surface area contributed by atoms with Crippen LogP contribution >= 0.6 is 11.3 Å². The molecule has 1 saturated heterocycles. The minimum absolute atomic E-state index is 0.0183. The molecule has 4 nitrogen and oxygen atoms in total. The number of carbonyl (C=O) groups excluding carboxylic acids is 1. The number of nitrogens with one attached hydrogen (secondary N) is 1. The third kappa shape index (κ3) is 2.82. The molecule has 1 aliphatic heterocycles. The molecule has 0 bridgehead atoms. The van der Waals surface area contributed by atoms with Crippen LogP contribution in [0.2, 0.25) is 0 Å². The molecular formula is C15H17N3OS. The monoisotopic (exact) mass is 287 g/mol. The fourth-order valence-corrected chi connectivity index (χ4v) is 3.44. The Morgan fingerprint density at radius 2 is 2.40 bits per heavy atom. The van der Waals surface area contributed by atoms with E-state index in [2.05, 4.69) is 21.7 Å². The smallest absolute Gasteiger partial charge is 0.318 e. The molecule has 3 rings (SSSR count). The summed E-state index contributed by atoms with van der Waals surface area (Å²) in [6.07, 6.45) is 5.64. The molecule has 0 aromatic carbocycles. The van der Waals surface area contributed by atoms with Crippen molar-refractivity contribution < 1.29 is 4.79 Å². The number of carbonyl (C=O) groups is 1. The SMILES string of the molecule is O=C(NCc1cccnc1)N1CCC[C@@H]1c1cccs1. The first-order valence-electron chi connectivity index (χ1n) is 6.81. The summed E-state index contributed by atoms with van der Waals surface area (Å²) in [6, 6.07) is 8.26. The van der Waals surface area contributed by atoms with Crippen LogP contribution < -0.4 is 5.32 Å². The van der Waals surface area contributed by atoms with Crippen LogP contribution in [0.4, 0.5) is 4.79 Å². The van der Waals surface area contributed by atoms with E-state index in [4.69, 9.17) is 0 Å². The molecule has 0 aliphatic carbocycles. The van der Waals surface area contributed by atoms with Gasteiger partial charge in [0.25, 0.3) is 0 Å². The second kappa shape index (κ2) is 6.05. The maximum atomic E-state index is 12.3. The van der Waals surface area contributed by atoms with Crippen molar-refractivity contribution in [2.24, 2.45) is 0 Å². The number of likely N-dealkylation sites (tertiary alicyclic amines) is 1. The summed E-state index contributed by atoms with van der Waals surface area (Å²) in [7, 11) is 0. The van der Waals surface area contributed by atoms with E-state index in [0.29, 0.717) is 6.54 Å². The number of amides is 2. The first kappa shape index (κ1) is 13.1. The van der Waals surface area contributed by atoms with Crippen molar-refractivity contribution in [3.8, 4) is 0 Å². The Balaban J connectivity index is 1.62. The van der Waals surface area contributed by atoms with E-state index in [1.165, 1.54) is 4.88 Å². The lowest BCUT2D eigenvalue weighted by Gasteiger charge is -2.24. The van der Waals surface area contributed by atoms with E-state index in [-0.39, 0.29) is 12.1 Å². The summed E-state index contributed by atoms with van der Waals surface area (Å²) in [4.78, 5) is 19.6. The van der Waals surface area contributed by atoms with Crippen LogP contribution in [-0.4, -0.2) is 22.5 Å². The highest BCUT2D eigenvalue weighted by Crippen LogP contribution is 2.34. The van der Waals surface area contributed by atoms with Crippen LogP contribution in [0.5, 0.6) is 0 Å². The number of urea groups is 1. The molecule has 1 fully saturated rings. The quantitative estimate of drug-likeness (QED) is 0.942. The molecule has 0 unspecified atom stereocenters. The van der Waals surface area contributed by atoms with Gasteiger partial charge in [0.15, 0.2) is 0 Å². The lowest BCUT2D eigenvalue weighted by Crippen LogP contribution is -2.38. The zero-order valence-electron chi connectivity index (χ0n) is 11.2. The van der Waals surface area contributed by atoms with E-state index >= 15 is 0 Å². The fourth-order valence-electron chi connectivity index (χ4n) is 2.57. The zero-order valence-corrected chi connectivity index (χ0v) is 12.0. The topological polar surface area (TPSA) is 45.2 Å². The molecule has 2 aromatic heterocycles. The lowest BCUT2D eigenvalue weighted by molar-refractivity contribution is 0.193. The lowest BCUT2D eigenvalue weighted by atomic mass is 10.2. The third-order valence-electron chi connectivity index (χ3n) is 3.55. The van der Waals surface area contributed by atoms with E-state index in [1.54, 1.807) is 23.7 Å². The summed E-state index contributed by atoms with van der Waals surface area (Å²) in [5, 5.41) is 5.05. The van der Waals surface area contributed by atoms with E-state index in [1.807, 2.05) is 23.1 Å². The van der Waals surface area contributed by atoms with Gasteiger partial charge in [-0.3, -0.25) is 4.98 Å². The molecule has 1 atom stereocenters. The van der Waals surface area contributed by atoms with Crippen LogP contribution in [0.15, 0.2) is 42.0 Å². The molecule has 3 heterocycles. The van der Waals surface area contributed by atoms with Gasteiger partial charge in [0.05, 0.1) is 6.04 Å². The normalized spacial score (nSPS) is 18.2. The van der Waals surface area contributed by atoms with Crippen molar-refractivity contribution in [2.45, 2.75) is 25.4 Å². The Hall–Kier alpha value is -1.88. The minimum atomic E-state index is 0.0183. The van der Waals surface area contributed by atoms with Crippen LogP contribution in [-0.2, 0) is 6.54 Å². The number of aromatic nitrogens is 1. The Morgan fingerprint density at radius 3 is 3.15 bits per heavy atom. The maximum Gasteiger partial charge on any atom is 0.318 e. The van der Waals surface area contributed by atoms with Gasteiger partial charge in [-0.2, -0.15) is 0 Å². The second-order valence-electron chi connectivity index (χ2n) is 4.89. The first-order chi connectivity index (χ1) is 9.84.